The van der Waals surface area contributed by atoms with Gasteiger partial charge in [-0.1, -0.05) is 59.6 Å². The topological polar surface area (TPSA) is 58.2 Å². The van der Waals surface area contributed by atoms with E-state index in [1.807, 2.05) is 54.6 Å². The van der Waals surface area contributed by atoms with Crippen LogP contribution in [0.4, 0.5) is 11.4 Å². The van der Waals surface area contributed by atoms with E-state index in [9.17, 15) is 9.59 Å². The lowest BCUT2D eigenvalue weighted by atomic mass is 10.1. The molecule has 0 heterocycles. The van der Waals surface area contributed by atoms with Gasteiger partial charge in [0.15, 0.2) is 0 Å². The lowest BCUT2D eigenvalue weighted by molar-refractivity contribution is -0.115. The zero-order chi connectivity index (χ0) is 23.9. The molecular formula is C27H20Cl2N2O2S. The molecule has 0 aliphatic rings. The third-order valence-corrected chi connectivity index (χ3v) is 6.66. The molecule has 0 saturated heterocycles. The molecular weight excluding hydrogens is 487 g/mol. The summed E-state index contributed by atoms with van der Waals surface area (Å²) < 4.78 is 0. The van der Waals surface area contributed by atoms with Crippen molar-refractivity contribution in [1.29, 1.82) is 0 Å². The fraction of sp³-hybridized carbons (Fsp3) is 0.0370. The third kappa shape index (κ3) is 6.41. The van der Waals surface area contributed by atoms with E-state index in [2.05, 4.69) is 10.6 Å². The predicted octanol–water partition coefficient (Wildman–Crippen LogP) is 7.72. The molecule has 1 atom stereocenters. The molecule has 0 saturated carbocycles. The minimum atomic E-state index is -0.469. The van der Waals surface area contributed by atoms with Gasteiger partial charge in [0, 0.05) is 31.9 Å². The molecule has 7 heteroatoms. The Hall–Kier alpha value is -3.25. The summed E-state index contributed by atoms with van der Waals surface area (Å²) in [7, 11) is 0. The average Bonchev–Trinajstić information content (AvgIpc) is 2.85. The van der Waals surface area contributed by atoms with Crippen molar-refractivity contribution in [3.8, 4) is 0 Å². The maximum atomic E-state index is 13.2. The van der Waals surface area contributed by atoms with Crippen LogP contribution in [0.5, 0.6) is 0 Å². The number of hydrogen-bond donors (Lipinski definition) is 2. The summed E-state index contributed by atoms with van der Waals surface area (Å²) in [5.41, 5.74) is 2.69. The highest BCUT2D eigenvalue weighted by atomic mass is 35.5. The van der Waals surface area contributed by atoms with Gasteiger partial charge in [-0.2, -0.15) is 0 Å². The molecule has 0 aliphatic heterocycles. The highest BCUT2D eigenvalue weighted by Gasteiger charge is 2.22. The van der Waals surface area contributed by atoms with E-state index in [1.54, 1.807) is 48.5 Å². The highest BCUT2D eigenvalue weighted by molar-refractivity contribution is 8.00. The van der Waals surface area contributed by atoms with Crippen molar-refractivity contribution in [3.05, 3.63) is 124 Å². The molecule has 4 nitrogen and oxygen atoms in total. The number of thioether (sulfide) groups is 1. The molecule has 4 aromatic rings. The lowest BCUT2D eigenvalue weighted by Crippen LogP contribution is -2.19. The number of hydrogen-bond acceptors (Lipinski definition) is 3. The number of benzene rings is 4. The van der Waals surface area contributed by atoms with Crippen LogP contribution < -0.4 is 10.6 Å². The minimum absolute atomic E-state index is 0.142. The van der Waals surface area contributed by atoms with E-state index < -0.39 is 5.25 Å². The first-order valence-electron chi connectivity index (χ1n) is 10.4. The van der Waals surface area contributed by atoms with Crippen LogP contribution in [0.2, 0.25) is 10.0 Å². The molecule has 0 aromatic heterocycles. The Morgan fingerprint density at radius 2 is 1.32 bits per heavy atom. The normalized spacial score (nSPS) is 11.5. The maximum absolute atomic E-state index is 13.2. The van der Waals surface area contributed by atoms with Crippen molar-refractivity contribution >= 4 is 58.2 Å². The second-order valence-corrected chi connectivity index (χ2v) is 9.44. The second kappa shape index (κ2) is 11.3. The first-order chi connectivity index (χ1) is 16.5. The predicted molar refractivity (Wildman–Crippen MR) is 141 cm³/mol. The van der Waals surface area contributed by atoms with E-state index in [0.717, 1.165) is 10.5 Å². The van der Waals surface area contributed by atoms with Crippen molar-refractivity contribution in [2.24, 2.45) is 0 Å². The van der Waals surface area contributed by atoms with Gasteiger partial charge in [0.05, 0.1) is 0 Å². The molecule has 0 radical (unpaired) electrons. The number of carbonyl (C=O) groups excluding carboxylic acids is 2. The number of carbonyl (C=O) groups is 2. The molecule has 1 unspecified atom stereocenters. The summed E-state index contributed by atoms with van der Waals surface area (Å²) in [6, 6.07) is 30.7. The van der Waals surface area contributed by atoms with Crippen molar-refractivity contribution in [3.63, 3.8) is 0 Å². The first-order valence-corrected chi connectivity index (χ1v) is 12.1. The third-order valence-electron chi connectivity index (χ3n) is 4.91. The SMILES string of the molecule is O=C(Nc1ccc(SC(C(=O)Nc2ccc(Cl)cc2)c2ccccc2)cc1)c1cccc(Cl)c1. The molecule has 4 rings (SSSR count). The van der Waals surface area contributed by atoms with Crippen molar-refractivity contribution in [1.82, 2.24) is 0 Å². The molecule has 0 fully saturated rings. The van der Waals surface area contributed by atoms with Gasteiger partial charge >= 0.3 is 0 Å². The van der Waals surface area contributed by atoms with Gasteiger partial charge in [0.25, 0.3) is 5.91 Å². The zero-order valence-electron chi connectivity index (χ0n) is 17.9. The molecule has 0 aliphatic carbocycles. The van der Waals surface area contributed by atoms with Gasteiger partial charge in [-0.3, -0.25) is 9.59 Å². The van der Waals surface area contributed by atoms with Gasteiger partial charge in [0.2, 0.25) is 5.91 Å². The number of halogens is 2. The van der Waals surface area contributed by atoms with Gasteiger partial charge in [0.1, 0.15) is 5.25 Å². The number of amides is 2. The zero-order valence-corrected chi connectivity index (χ0v) is 20.2. The van der Waals surface area contributed by atoms with E-state index in [4.69, 9.17) is 23.2 Å². The smallest absolute Gasteiger partial charge is 0.255 e. The highest BCUT2D eigenvalue weighted by Crippen LogP contribution is 2.36. The standard InChI is InChI=1S/C27H20Cl2N2O2S/c28-20-9-11-22(12-10-20)31-27(33)25(18-5-2-1-3-6-18)34-24-15-13-23(14-16-24)30-26(32)19-7-4-8-21(29)17-19/h1-17,25H,(H,30,32)(H,31,33). The molecule has 0 bridgehead atoms. The van der Waals surface area contributed by atoms with E-state index in [0.29, 0.717) is 27.0 Å². The Labute approximate surface area is 212 Å². The molecule has 2 N–H and O–H groups in total. The summed E-state index contributed by atoms with van der Waals surface area (Å²) in [5, 5.41) is 6.46. The van der Waals surface area contributed by atoms with Crippen LogP contribution in [0.25, 0.3) is 0 Å². The van der Waals surface area contributed by atoms with E-state index >= 15 is 0 Å². The Kier molecular flexibility index (Phi) is 7.91. The lowest BCUT2D eigenvalue weighted by Gasteiger charge is -2.17. The Morgan fingerprint density at radius 3 is 2.00 bits per heavy atom. The number of anilines is 2. The maximum Gasteiger partial charge on any atom is 0.255 e. The average molecular weight is 507 g/mol. The van der Waals surface area contributed by atoms with Crippen molar-refractivity contribution in [2.75, 3.05) is 10.6 Å². The van der Waals surface area contributed by atoms with Crippen LogP contribution in [0.3, 0.4) is 0 Å². The van der Waals surface area contributed by atoms with Crippen LogP contribution in [-0.2, 0) is 4.79 Å². The van der Waals surface area contributed by atoms with Gasteiger partial charge in [-0.05, 0) is 72.3 Å². The van der Waals surface area contributed by atoms with Crippen molar-refractivity contribution in [2.45, 2.75) is 10.1 Å². The quantitative estimate of drug-likeness (QED) is 0.252. The second-order valence-electron chi connectivity index (χ2n) is 7.39. The Balaban J connectivity index is 1.48. The van der Waals surface area contributed by atoms with Crippen LogP contribution in [0.1, 0.15) is 21.2 Å². The van der Waals surface area contributed by atoms with E-state index in [-0.39, 0.29) is 11.8 Å². The fourth-order valence-electron chi connectivity index (χ4n) is 3.23. The Bertz CT molecular complexity index is 1280. The fourth-order valence-corrected chi connectivity index (χ4v) is 4.57. The van der Waals surface area contributed by atoms with Gasteiger partial charge in [-0.15, -0.1) is 11.8 Å². The molecule has 170 valence electrons. The van der Waals surface area contributed by atoms with Gasteiger partial charge in [-0.25, -0.2) is 0 Å². The molecule has 0 spiro atoms. The summed E-state index contributed by atoms with van der Waals surface area (Å²) >= 11 is 13.4. The van der Waals surface area contributed by atoms with Crippen molar-refractivity contribution < 1.29 is 9.59 Å². The monoisotopic (exact) mass is 506 g/mol. The summed E-state index contributed by atoms with van der Waals surface area (Å²) in [6.45, 7) is 0. The summed E-state index contributed by atoms with van der Waals surface area (Å²) in [5.74, 6) is -0.385. The minimum Gasteiger partial charge on any atom is -0.325 e. The number of rotatable bonds is 7. The molecule has 34 heavy (non-hydrogen) atoms. The van der Waals surface area contributed by atoms with E-state index in [1.165, 1.54) is 11.8 Å². The largest absolute Gasteiger partial charge is 0.325 e. The van der Waals surface area contributed by atoms with Gasteiger partial charge < -0.3 is 10.6 Å². The summed E-state index contributed by atoms with van der Waals surface area (Å²) in [4.78, 5) is 26.5. The van der Waals surface area contributed by atoms with Crippen LogP contribution in [0, 0.1) is 0 Å². The molecule has 4 aromatic carbocycles. The first kappa shape index (κ1) is 23.9. The Morgan fingerprint density at radius 1 is 0.676 bits per heavy atom. The van der Waals surface area contributed by atoms with Crippen LogP contribution in [0.15, 0.2) is 108 Å². The van der Waals surface area contributed by atoms with Crippen LogP contribution >= 0.6 is 35.0 Å². The van der Waals surface area contributed by atoms with Crippen LogP contribution in [-0.4, -0.2) is 11.8 Å². The number of nitrogens with one attached hydrogen (secondary N) is 2. The summed E-state index contributed by atoms with van der Waals surface area (Å²) in [6.07, 6.45) is 0. The molecule has 2 amide bonds.